The van der Waals surface area contributed by atoms with Gasteiger partial charge in [0.1, 0.15) is 0 Å². The normalized spacial score (nSPS) is 17.4. The van der Waals surface area contributed by atoms with Gasteiger partial charge in [-0.25, -0.2) is 4.98 Å². The number of piperazine rings is 1. The van der Waals surface area contributed by atoms with Gasteiger partial charge in [0.25, 0.3) is 5.78 Å². The summed E-state index contributed by atoms with van der Waals surface area (Å²) in [6, 6.07) is 7.37. The molecule has 168 valence electrons. The SMILES string of the molecule is O=C(CCC1CCCC1)N1CCN(c2nc3nccc(-c4ccc(Cl)c(Cl)c4)n3n2)CC1. The average Bonchev–Trinajstić information content (AvgIpc) is 3.49. The van der Waals surface area contributed by atoms with Crippen molar-refractivity contribution in [2.24, 2.45) is 5.92 Å². The monoisotopic (exact) mass is 472 g/mol. The summed E-state index contributed by atoms with van der Waals surface area (Å²) in [5.74, 6) is 2.18. The molecule has 0 atom stereocenters. The topological polar surface area (TPSA) is 66.6 Å². The number of fused-ring (bicyclic) bond motifs is 1. The van der Waals surface area contributed by atoms with Gasteiger partial charge in [0.15, 0.2) is 0 Å². The number of hydrogen-bond donors (Lipinski definition) is 0. The summed E-state index contributed by atoms with van der Waals surface area (Å²) < 4.78 is 1.73. The highest BCUT2D eigenvalue weighted by Gasteiger charge is 2.25. The Bertz CT molecular complexity index is 1120. The lowest BCUT2D eigenvalue weighted by atomic mass is 10.0. The van der Waals surface area contributed by atoms with Crippen molar-refractivity contribution in [1.29, 1.82) is 0 Å². The second-order valence-electron chi connectivity index (χ2n) is 8.64. The molecule has 2 aromatic heterocycles. The van der Waals surface area contributed by atoms with E-state index in [9.17, 15) is 4.79 Å². The largest absolute Gasteiger partial charge is 0.339 e. The van der Waals surface area contributed by atoms with Crippen LogP contribution in [-0.4, -0.2) is 56.6 Å². The number of rotatable bonds is 5. The Morgan fingerprint density at radius 2 is 1.81 bits per heavy atom. The minimum atomic E-state index is 0.281. The minimum absolute atomic E-state index is 0.281. The lowest BCUT2D eigenvalue weighted by Crippen LogP contribution is -2.49. The first-order valence-electron chi connectivity index (χ1n) is 11.3. The van der Waals surface area contributed by atoms with Crippen molar-refractivity contribution in [1.82, 2.24) is 24.5 Å². The second-order valence-corrected chi connectivity index (χ2v) is 9.45. The summed E-state index contributed by atoms with van der Waals surface area (Å²) in [4.78, 5) is 25.7. The maximum absolute atomic E-state index is 12.6. The lowest BCUT2D eigenvalue weighted by Gasteiger charge is -2.34. The fourth-order valence-electron chi connectivity index (χ4n) is 4.73. The summed E-state index contributed by atoms with van der Waals surface area (Å²) in [5, 5.41) is 5.71. The highest BCUT2D eigenvalue weighted by molar-refractivity contribution is 6.42. The first-order valence-corrected chi connectivity index (χ1v) is 12.0. The zero-order valence-electron chi connectivity index (χ0n) is 17.9. The summed E-state index contributed by atoms with van der Waals surface area (Å²) in [7, 11) is 0. The van der Waals surface area contributed by atoms with Crippen LogP contribution in [-0.2, 0) is 4.79 Å². The lowest BCUT2D eigenvalue weighted by molar-refractivity contribution is -0.131. The summed E-state index contributed by atoms with van der Waals surface area (Å²) in [6.07, 6.45) is 8.66. The molecule has 1 saturated heterocycles. The quantitative estimate of drug-likeness (QED) is 0.537. The van der Waals surface area contributed by atoms with Crippen molar-refractivity contribution in [3.05, 3.63) is 40.5 Å². The fraction of sp³-hybridized carbons (Fsp3) is 0.478. The first kappa shape index (κ1) is 21.5. The number of carbonyl (C=O) groups excluding carboxylic acids is 1. The van der Waals surface area contributed by atoms with Crippen molar-refractivity contribution in [3.8, 4) is 11.3 Å². The molecule has 2 fully saturated rings. The van der Waals surface area contributed by atoms with Crippen LogP contribution in [0.15, 0.2) is 30.5 Å². The zero-order valence-corrected chi connectivity index (χ0v) is 19.4. The van der Waals surface area contributed by atoms with Crippen molar-refractivity contribution < 1.29 is 4.79 Å². The number of halogens is 2. The summed E-state index contributed by atoms with van der Waals surface area (Å²) >= 11 is 12.3. The molecule has 3 aromatic rings. The Hall–Kier alpha value is -2.38. The maximum atomic E-state index is 12.6. The third kappa shape index (κ3) is 4.41. The van der Waals surface area contributed by atoms with Crippen LogP contribution < -0.4 is 4.90 Å². The van der Waals surface area contributed by atoms with E-state index in [2.05, 4.69) is 14.9 Å². The van der Waals surface area contributed by atoms with E-state index in [1.54, 1.807) is 16.8 Å². The van der Waals surface area contributed by atoms with Gasteiger partial charge in [0.2, 0.25) is 11.9 Å². The standard InChI is InChI=1S/C23H26Cl2N6O/c24-18-7-6-17(15-19(18)25)20-9-10-26-22-27-23(28-31(20)22)30-13-11-29(12-14-30)21(32)8-5-16-3-1-2-4-16/h6-7,9-10,15-16H,1-5,8,11-14H2. The molecule has 0 spiro atoms. The Morgan fingerprint density at radius 3 is 2.56 bits per heavy atom. The van der Waals surface area contributed by atoms with Crippen molar-refractivity contribution in [2.75, 3.05) is 31.1 Å². The van der Waals surface area contributed by atoms with E-state index in [1.165, 1.54) is 25.7 Å². The Kier molecular flexibility index (Phi) is 6.20. The van der Waals surface area contributed by atoms with Crippen molar-refractivity contribution in [2.45, 2.75) is 38.5 Å². The molecule has 7 nitrogen and oxygen atoms in total. The summed E-state index contributed by atoms with van der Waals surface area (Å²) in [6.45, 7) is 2.83. The molecule has 3 heterocycles. The van der Waals surface area contributed by atoms with Gasteiger partial charge in [-0.3, -0.25) is 4.79 Å². The van der Waals surface area contributed by atoms with Gasteiger partial charge in [-0.05, 0) is 30.5 Å². The van der Waals surface area contributed by atoms with Gasteiger partial charge in [-0.1, -0.05) is 55.0 Å². The van der Waals surface area contributed by atoms with Crippen LogP contribution in [0, 0.1) is 5.92 Å². The smallest absolute Gasteiger partial charge is 0.254 e. The number of aromatic nitrogens is 4. The van der Waals surface area contributed by atoms with Crippen LogP contribution >= 0.6 is 23.2 Å². The molecule has 9 heteroatoms. The number of benzene rings is 1. The molecule has 1 saturated carbocycles. The molecule has 0 N–H and O–H groups in total. The molecule has 5 rings (SSSR count). The Labute approximate surface area is 197 Å². The van der Waals surface area contributed by atoms with E-state index in [-0.39, 0.29) is 5.91 Å². The van der Waals surface area contributed by atoms with Gasteiger partial charge in [-0.2, -0.15) is 9.50 Å². The molecule has 2 aliphatic rings. The van der Waals surface area contributed by atoms with Crippen LogP contribution in [0.1, 0.15) is 38.5 Å². The first-order chi connectivity index (χ1) is 15.6. The van der Waals surface area contributed by atoms with E-state index in [0.29, 0.717) is 54.4 Å². The Balaban J connectivity index is 1.27. The predicted molar refractivity (Wildman–Crippen MR) is 126 cm³/mol. The van der Waals surface area contributed by atoms with E-state index in [4.69, 9.17) is 28.3 Å². The molecule has 0 unspecified atom stereocenters. The third-order valence-corrected chi connectivity index (χ3v) is 7.34. The number of amides is 1. The number of hydrogen-bond acceptors (Lipinski definition) is 5. The predicted octanol–water partition coefficient (Wildman–Crippen LogP) is 4.72. The van der Waals surface area contributed by atoms with Crippen LogP contribution in [0.3, 0.4) is 0 Å². The molecule has 1 aromatic carbocycles. The molecule has 1 aliphatic carbocycles. The molecule has 32 heavy (non-hydrogen) atoms. The van der Waals surface area contributed by atoms with Crippen LogP contribution in [0.4, 0.5) is 5.95 Å². The van der Waals surface area contributed by atoms with Crippen LogP contribution in [0.2, 0.25) is 10.0 Å². The molecule has 0 radical (unpaired) electrons. The van der Waals surface area contributed by atoms with E-state index < -0.39 is 0 Å². The van der Waals surface area contributed by atoms with E-state index >= 15 is 0 Å². The van der Waals surface area contributed by atoms with E-state index in [1.807, 2.05) is 23.1 Å². The fourth-order valence-corrected chi connectivity index (χ4v) is 5.03. The molecular weight excluding hydrogens is 447 g/mol. The Morgan fingerprint density at radius 1 is 1.03 bits per heavy atom. The molecule has 1 amide bonds. The van der Waals surface area contributed by atoms with Gasteiger partial charge in [0.05, 0.1) is 15.7 Å². The maximum Gasteiger partial charge on any atom is 0.254 e. The molecule has 1 aliphatic heterocycles. The van der Waals surface area contributed by atoms with Crippen LogP contribution in [0.5, 0.6) is 0 Å². The van der Waals surface area contributed by atoms with Crippen molar-refractivity contribution >= 4 is 40.8 Å². The number of anilines is 1. The van der Waals surface area contributed by atoms with Gasteiger partial charge in [-0.15, -0.1) is 5.10 Å². The highest BCUT2D eigenvalue weighted by Crippen LogP contribution is 2.30. The minimum Gasteiger partial charge on any atom is -0.339 e. The molecular formula is C23H26Cl2N6O. The second kappa shape index (κ2) is 9.24. The summed E-state index contributed by atoms with van der Waals surface area (Å²) in [5.41, 5.74) is 1.73. The van der Waals surface area contributed by atoms with Crippen LogP contribution in [0.25, 0.3) is 17.0 Å². The van der Waals surface area contributed by atoms with Crippen molar-refractivity contribution in [3.63, 3.8) is 0 Å². The number of carbonyl (C=O) groups is 1. The molecule has 0 bridgehead atoms. The van der Waals surface area contributed by atoms with Gasteiger partial charge < -0.3 is 9.80 Å². The highest BCUT2D eigenvalue weighted by atomic mass is 35.5. The zero-order chi connectivity index (χ0) is 22.1. The third-order valence-electron chi connectivity index (χ3n) is 6.60. The number of nitrogens with zero attached hydrogens (tertiary/aromatic N) is 6. The van der Waals surface area contributed by atoms with Gasteiger partial charge >= 0.3 is 0 Å². The van der Waals surface area contributed by atoms with Gasteiger partial charge in [0, 0.05) is 44.4 Å². The average molecular weight is 473 g/mol. The van der Waals surface area contributed by atoms with E-state index in [0.717, 1.165) is 23.6 Å².